The number of ether oxygens (including phenoxy) is 2. The highest BCUT2D eigenvalue weighted by Gasteiger charge is 2.18. The normalized spacial score (nSPS) is 19.1. The highest BCUT2D eigenvalue weighted by molar-refractivity contribution is 5.80. The van der Waals surface area contributed by atoms with Crippen LogP contribution in [-0.2, 0) is 9.47 Å². The van der Waals surface area contributed by atoms with Crippen LogP contribution in [0.5, 0.6) is 0 Å². The number of nitrogens with zero attached hydrogens (tertiary/aromatic N) is 1. The summed E-state index contributed by atoms with van der Waals surface area (Å²) in [6, 6.07) is 0.108. The smallest absolute Gasteiger partial charge is 0.407 e. The molecule has 1 saturated heterocycles. The number of aliphatic imine (C=N–C) groups is 1. The number of unbranched alkanes of at least 4 members (excludes halogenated alkanes) is 1. The van der Waals surface area contributed by atoms with Crippen molar-refractivity contribution in [2.75, 3.05) is 26.7 Å². The highest BCUT2D eigenvalue weighted by Crippen LogP contribution is 2.14. The van der Waals surface area contributed by atoms with Gasteiger partial charge in [0, 0.05) is 32.8 Å². The third-order valence-electron chi connectivity index (χ3n) is 4.15. The van der Waals surface area contributed by atoms with Crippen molar-refractivity contribution >= 4 is 12.1 Å². The largest absolute Gasteiger partial charge is 0.444 e. The van der Waals surface area contributed by atoms with Crippen molar-refractivity contribution in [3.8, 4) is 0 Å². The van der Waals surface area contributed by atoms with Crippen LogP contribution < -0.4 is 16.0 Å². The van der Waals surface area contributed by atoms with Gasteiger partial charge in [0.05, 0.1) is 6.10 Å². The SMILES string of the molecule is CCCCC(CNC(=O)OC(C)(C)C)NC(=NC)NCCC1CCCO1. The van der Waals surface area contributed by atoms with E-state index in [-0.39, 0.29) is 12.1 Å². The molecule has 2 unspecified atom stereocenters. The molecule has 0 aliphatic carbocycles. The lowest BCUT2D eigenvalue weighted by Gasteiger charge is -2.24. The molecule has 0 spiro atoms. The zero-order chi connectivity index (χ0) is 19.4. The second-order valence-corrected chi connectivity index (χ2v) is 7.79. The molecule has 1 aliphatic heterocycles. The third-order valence-corrected chi connectivity index (χ3v) is 4.15. The zero-order valence-corrected chi connectivity index (χ0v) is 17.2. The fourth-order valence-electron chi connectivity index (χ4n) is 2.81. The number of hydrogen-bond acceptors (Lipinski definition) is 4. The first kappa shape index (κ1) is 22.5. The van der Waals surface area contributed by atoms with E-state index in [1.54, 1.807) is 7.05 Å². The minimum absolute atomic E-state index is 0.108. The first-order chi connectivity index (χ1) is 12.3. The van der Waals surface area contributed by atoms with Gasteiger partial charge in [0.1, 0.15) is 5.60 Å². The maximum Gasteiger partial charge on any atom is 0.407 e. The molecule has 0 bridgehead atoms. The number of amides is 1. The molecule has 0 aromatic heterocycles. The van der Waals surface area contributed by atoms with E-state index in [1.165, 1.54) is 0 Å². The average molecular weight is 371 g/mol. The number of hydrogen-bond donors (Lipinski definition) is 3. The van der Waals surface area contributed by atoms with Crippen LogP contribution >= 0.6 is 0 Å². The quantitative estimate of drug-likeness (QED) is 0.429. The number of alkyl carbamates (subject to hydrolysis) is 1. The molecule has 0 aromatic rings. The Kier molecular flexibility index (Phi) is 10.4. The van der Waals surface area contributed by atoms with E-state index in [9.17, 15) is 4.79 Å². The van der Waals surface area contributed by atoms with Crippen molar-refractivity contribution in [1.29, 1.82) is 0 Å². The van der Waals surface area contributed by atoms with E-state index < -0.39 is 5.60 Å². The standard InChI is InChI=1S/C19H38N4O3/c1-6-7-9-15(14-22-18(24)26-19(2,3)4)23-17(20-5)21-12-11-16-10-8-13-25-16/h15-16H,6-14H2,1-5H3,(H,22,24)(H2,20,21,23). The summed E-state index contributed by atoms with van der Waals surface area (Å²) in [5, 5.41) is 9.61. The van der Waals surface area contributed by atoms with Gasteiger partial charge in [0.25, 0.3) is 0 Å². The molecule has 7 heteroatoms. The van der Waals surface area contributed by atoms with Gasteiger partial charge in [0.15, 0.2) is 5.96 Å². The number of rotatable bonds is 9. The number of carbonyl (C=O) groups is 1. The molecule has 3 N–H and O–H groups in total. The van der Waals surface area contributed by atoms with Gasteiger partial charge in [-0.1, -0.05) is 19.8 Å². The summed E-state index contributed by atoms with van der Waals surface area (Å²) >= 11 is 0. The lowest BCUT2D eigenvalue weighted by molar-refractivity contribution is 0.0522. The van der Waals surface area contributed by atoms with Crippen LogP contribution in [0.25, 0.3) is 0 Å². The molecular formula is C19H38N4O3. The second-order valence-electron chi connectivity index (χ2n) is 7.79. The van der Waals surface area contributed by atoms with Crippen LogP contribution in [0.1, 0.15) is 66.2 Å². The van der Waals surface area contributed by atoms with E-state index in [4.69, 9.17) is 9.47 Å². The lowest BCUT2D eigenvalue weighted by Crippen LogP contribution is -2.49. The van der Waals surface area contributed by atoms with Crippen molar-refractivity contribution < 1.29 is 14.3 Å². The molecule has 0 aromatic carbocycles. The van der Waals surface area contributed by atoms with Gasteiger partial charge in [0.2, 0.25) is 0 Å². The van der Waals surface area contributed by atoms with Gasteiger partial charge in [-0.05, 0) is 46.5 Å². The van der Waals surface area contributed by atoms with Gasteiger partial charge >= 0.3 is 6.09 Å². The van der Waals surface area contributed by atoms with E-state index in [1.807, 2.05) is 20.8 Å². The Hall–Kier alpha value is -1.50. The minimum Gasteiger partial charge on any atom is -0.444 e. The van der Waals surface area contributed by atoms with Crippen molar-refractivity contribution in [3.05, 3.63) is 0 Å². The second kappa shape index (κ2) is 12.0. The summed E-state index contributed by atoms with van der Waals surface area (Å²) in [6.07, 6.45) is 6.41. The molecule has 7 nitrogen and oxygen atoms in total. The summed E-state index contributed by atoms with van der Waals surface area (Å²) in [4.78, 5) is 16.2. The predicted octanol–water partition coefficient (Wildman–Crippen LogP) is 2.80. The number of guanidine groups is 1. The molecule has 1 fully saturated rings. The Morgan fingerprint density at radius 3 is 2.69 bits per heavy atom. The van der Waals surface area contributed by atoms with Crippen molar-refractivity contribution in [2.24, 2.45) is 4.99 Å². The molecule has 152 valence electrons. The monoisotopic (exact) mass is 370 g/mol. The Morgan fingerprint density at radius 2 is 2.12 bits per heavy atom. The minimum atomic E-state index is -0.490. The Balaban J connectivity index is 2.40. The van der Waals surface area contributed by atoms with E-state index >= 15 is 0 Å². The fraction of sp³-hybridized carbons (Fsp3) is 0.895. The third kappa shape index (κ3) is 10.5. The molecular weight excluding hydrogens is 332 g/mol. The van der Waals surface area contributed by atoms with Crippen LogP contribution in [0.3, 0.4) is 0 Å². The highest BCUT2D eigenvalue weighted by atomic mass is 16.6. The molecule has 1 rings (SSSR count). The van der Waals surface area contributed by atoms with Crippen molar-refractivity contribution in [1.82, 2.24) is 16.0 Å². The molecule has 1 heterocycles. The van der Waals surface area contributed by atoms with Gasteiger partial charge in [-0.3, -0.25) is 4.99 Å². The van der Waals surface area contributed by atoms with Crippen LogP contribution in [0.4, 0.5) is 4.79 Å². The molecule has 0 saturated carbocycles. The maximum absolute atomic E-state index is 11.9. The lowest BCUT2D eigenvalue weighted by atomic mass is 10.1. The van der Waals surface area contributed by atoms with Crippen LogP contribution in [0, 0.1) is 0 Å². The van der Waals surface area contributed by atoms with Crippen LogP contribution in [-0.4, -0.2) is 56.5 Å². The molecule has 2 atom stereocenters. The Labute approximate surface area is 158 Å². The van der Waals surface area contributed by atoms with Gasteiger partial charge < -0.3 is 25.4 Å². The van der Waals surface area contributed by atoms with E-state index in [0.29, 0.717) is 12.6 Å². The molecule has 1 aliphatic rings. The maximum atomic E-state index is 11.9. The summed E-state index contributed by atoms with van der Waals surface area (Å²) in [6.45, 7) is 9.95. The first-order valence-electron chi connectivity index (χ1n) is 9.89. The van der Waals surface area contributed by atoms with Crippen LogP contribution in [0.2, 0.25) is 0 Å². The summed E-state index contributed by atoms with van der Waals surface area (Å²) < 4.78 is 11.0. The summed E-state index contributed by atoms with van der Waals surface area (Å²) in [7, 11) is 1.76. The summed E-state index contributed by atoms with van der Waals surface area (Å²) in [5.41, 5.74) is -0.490. The Morgan fingerprint density at radius 1 is 1.35 bits per heavy atom. The summed E-state index contributed by atoms with van der Waals surface area (Å²) in [5.74, 6) is 0.759. The number of nitrogens with one attached hydrogen (secondary N) is 3. The van der Waals surface area contributed by atoms with Gasteiger partial charge in [-0.2, -0.15) is 0 Å². The van der Waals surface area contributed by atoms with E-state index in [0.717, 1.165) is 57.6 Å². The van der Waals surface area contributed by atoms with E-state index in [2.05, 4.69) is 27.9 Å². The van der Waals surface area contributed by atoms with Gasteiger partial charge in [-0.15, -0.1) is 0 Å². The van der Waals surface area contributed by atoms with Crippen molar-refractivity contribution in [2.45, 2.75) is 84.0 Å². The van der Waals surface area contributed by atoms with Crippen molar-refractivity contribution in [3.63, 3.8) is 0 Å². The topological polar surface area (TPSA) is 84.0 Å². The number of carbonyl (C=O) groups excluding carboxylic acids is 1. The fourth-order valence-corrected chi connectivity index (χ4v) is 2.81. The first-order valence-corrected chi connectivity index (χ1v) is 9.89. The van der Waals surface area contributed by atoms with Crippen LogP contribution in [0.15, 0.2) is 4.99 Å². The van der Waals surface area contributed by atoms with Gasteiger partial charge in [-0.25, -0.2) is 4.79 Å². The molecule has 26 heavy (non-hydrogen) atoms. The molecule has 1 amide bonds. The zero-order valence-electron chi connectivity index (χ0n) is 17.2. The molecule has 0 radical (unpaired) electrons. The Bertz CT molecular complexity index is 429. The average Bonchev–Trinajstić information content (AvgIpc) is 3.07. The predicted molar refractivity (Wildman–Crippen MR) is 106 cm³/mol.